The summed E-state index contributed by atoms with van der Waals surface area (Å²) in [5.41, 5.74) is 8.33. The van der Waals surface area contributed by atoms with Crippen molar-refractivity contribution in [1.82, 2.24) is 4.37 Å². The van der Waals surface area contributed by atoms with Crippen LogP contribution < -0.4 is 5.73 Å². The quantitative estimate of drug-likeness (QED) is 0.776. The van der Waals surface area contributed by atoms with Gasteiger partial charge >= 0.3 is 0 Å². The van der Waals surface area contributed by atoms with Crippen molar-refractivity contribution in [3.8, 4) is 0 Å². The van der Waals surface area contributed by atoms with Gasteiger partial charge in [-0.25, -0.2) is 0 Å². The highest BCUT2D eigenvalue weighted by Crippen LogP contribution is 2.26. The first-order chi connectivity index (χ1) is 6.59. The van der Waals surface area contributed by atoms with Crippen LogP contribution >= 0.6 is 11.5 Å². The van der Waals surface area contributed by atoms with Gasteiger partial charge in [-0.3, -0.25) is 4.79 Å². The SMILES string of the molecule is Cc1cc(C)c2c(C(N)=O)snc2c1. The summed E-state index contributed by atoms with van der Waals surface area (Å²) >= 11 is 1.17. The average molecular weight is 206 g/mol. The first-order valence-electron chi connectivity index (χ1n) is 4.26. The standard InChI is InChI=1S/C10H10N2OS/c1-5-3-6(2)8-7(4-5)12-14-9(8)10(11)13/h3-4H,1-2H3,(H2,11,13). The molecule has 0 saturated carbocycles. The third-order valence-electron chi connectivity index (χ3n) is 2.15. The number of amides is 1. The molecular weight excluding hydrogens is 196 g/mol. The maximum Gasteiger partial charge on any atom is 0.261 e. The molecule has 4 heteroatoms. The molecule has 0 unspecified atom stereocenters. The van der Waals surface area contributed by atoms with Gasteiger partial charge < -0.3 is 5.73 Å². The summed E-state index contributed by atoms with van der Waals surface area (Å²) in [5.74, 6) is -0.399. The number of aryl methyl sites for hydroxylation is 2. The molecule has 1 heterocycles. The van der Waals surface area contributed by atoms with Crippen LogP contribution in [0.25, 0.3) is 10.9 Å². The number of nitrogens with zero attached hydrogens (tertiary/aromatic N) is 1. The first-order valence-corrected chi connectivity index (χ1v) is 5.03. The van der Waals surface area contributed by atoms with Gasteiger partial charge in [0.1, 0.15) is 4.88 Å². The van der Waals surface area contributed by atoms with E-state index in [2.05, 4.69) is 4.37 Å². The van der Waals surface area contributed by atoms with Crippen LogP contribution in [0.5, 0.6) is 0 Å². The van der Waals surface area contributed by atoms with Gasteiger partial charge in [0.05, 0.1) is 5.52 Å². The molecule has 0 radical (unpaired) electrons. The van der Waals surface area contributed by atoms with Crippen molar-refractivity contribution in [2.75, 3.05) is 0 Å². The van der Waals surface area contributed by atoms with Crippen LogP contribution in [-0.2, 0) is 0 Å². The molecule has 0 aliphatic carbocycles. The van der Waals surface area contributed by atoms with Gasteiger partial charge in [-0.2, -0.15) is 4.37 Å². The summed E-state index contributed by atoms with van der Waals surface area (Å²) in [6.45, 7) is 3.98. The van der Waals surface area contributed by atoms with Crippen molar-refractivity contribution in [2.24, 2.45) is 5.73 Å². The molecule has 0 bridgehead atoms. The molecular formula is C10H10N2OS. The number of benzene rings is 1. The molecule has 0 spiro atoms. The van der Waals surface area contributed by atoms with Crippen molar-refractivity contribution >= 4 is 28.3 Å². The monoisotopic (exact) mass is 206 g/mol. The van der Waals surface area contributed by atoms with Crippen LogP contribution in [0, 0.1) is 13.8 Å². The van der Waals surface area contributed by atoms with Crippen molar-refractivity contribution < 1.29 is 4.79 Å². The average Bonchev–Trinajstić information content (AvgIpc) is 2.47. The Balaban J connectivity index is 2.85. The third kappa shape index (κ3) is 1.28. The number of hydrogen-bond donors (Lipinski definition) is 1. The summed E-state index contributed by atoms with van der Waals surface area (Å²) in [6, 6.07) is 3.99. The molecule has 72 valence electrons. The molecule has 0 aliphatic rings. The number of hydrogen-bond acceptors (Lipinski definition) is 3. The van der Waals surface area contributed by atoms with Crippen LogP contribution in [-0.4, -0.2) is 10.3 Å². The van der Waals surface area contributed by atoms with Gasteiger partial charge in [-0.1, -0.05) is 6.07 Å². The van der Waals surface area contributed by atoms with Crippen molar-refractivity contribution in [3.63, 3.8) is 0 Å². The molecule has 0 aliphatic heterocycles. The van der Waals surface area contributed by atoms with Gasteiger partial charge in [-0.15, -0.1) is 0 Å². The van der Waals surface area contributed by atoms with Gasteiger partial charge in [-0.05, 0) is 42.6 Å². The van der Waals surface area contributed by atoms with E-state index in [9.17, 15) is 4.79 Å². The Morgan fingerprint density at radius 3 is 2.79 bits per heavy atom. The number of fused-ring (bicyclic) bond motifs is 1. The topological polar surface area (TPSA) is 56.0 Å². The normalized spacial score (nSPS) is 10.7. The minimum Gasteiger partial charge on any atom is -0.365 e. The highest BCUT2D eigenvalue weighted by Gasteiger charge is 2.13. The number of aromatic nitrogens is 1. The Labute approximate surface area is 85.7 Å². The molecule has 2 N–H and O–H groups in total. The van der Waals surface area contributed by atoms with Gasteiger partial charge in [0, 0.05) is 5.39 Å². The van der Waals surface area contributed by atoms with E-state index in [0.717, 1.165) is 22.0 Å². The lowest BCUT2D eigenvalue weighted by Gasteiger charge is -1.99. The Bertz CT molecular complexity index is 516. The largest absolute Gasteiger partial charge is 0.365 e. The summed E-state index contributed by atoms with van der Waals surface area (Å²) < 4.78 is 4.20. The molecule has 0 fully saturated rings. The van der Waals surface area contributed by atoms with E-state index in [1.165, 1.54) is 11.5 Å². The predicted octanol–water partition coefficient (Wildman–Crippen LogP) is 2.01. The van der Waals surface area contributed by atoms with Crippen molar-refractivity contribution in [2.45, 2.75) is 13.8 Å². The second kappa shape index (κ2) is 3.06. The Morgan fingerprint density at radius 2 is 2.14 bits per heavy atom. The van der Waals surface area contributed by atoms with Gasteiger partial charge in [0.15, 0.2) is 0 Å². The molecule has 1 amide bonds. The molecule has 0 saturated heterocycles. The molecule has 2 aromatic rings. The van der Waals surface area contributed by atoms with Crippen LogP contribution in [0.3, 0.4) is 0 Å². The Hall–Kier alpha value is -1.42. The van der Waals surface area contributed by atoms with Crippen LogP contribution in [0.4, 0.5) is 0 Å². The van der Waals surface area contributed by atoms with Crippen molar-refractivity contribution in [1.29, 1.82) is 0 Å². The zero-order valence-corrected chi connectivity index (χ0v) is 8.81. The fourth-order valence-corrected chi connectivity index (χ4v) is 2.40. The van der Waals surface area contributed by atoms with E-state index in [0.29, 0.717) is 4.88 Å². The predicted molar refractivity (Wildman–Crippen MR) is 57.6 cm³/mol. The van der Waals surface area contributed by atoms with Crippen LogP contribution in [0.15, 0.2) is 12.1 Å². The molecule has 2 rings (SSSR count). The Morgan fingerprint density at radius 1 is 1.43 bits per heavy atom. The fourth-order valence-electron chi connectivity index (χ4n) is 1.62. The Kier molecular flexibility index (Phi) is 2.00. The summed E-state index contributed by atoms with van der Waals surface area (Å²) in [4.78, 5) is 11.7. The lowest BCUT2D eigenvalue weighted by atomic mass is 10.1. The highest BCUT2D eigenvalue weighted by atomic mass is 32.1. The minimum atomic E-state index is -0.399. The van der Waals surface area contributed by atoms with E-state index in [4.69, 9.17) is 5.73 Å². The zero-order valence-electron chi connectivity index (χ0n) is 8.00. The fraction of sp³-hybridized carbons (Fsp3) is 0.200. The van der Waals surface area contributed by atoms with Gasteiger partial charge in [0.25, 0.3) is 5.91 Å². The second-order valence-electron chi connectivity index (χ2n) is 3.35. The summed E-state index contributed by atoms with van der Waals surface area (Å²) in [6.07, 6.45) is 0. The number of carbonyl (C=O) groups excluding carboxylic acids is 1. The van der Waals surface area contributed by atoms with Gasteiger partial charge in [0.2, 0.25) is 0 Å². The van der Waals surface area contributed by atoms with E-state index < -0.39 is 5.91 Å². The summed E-state index contributed by atoms with van der Waals surface area (Å²) in [7, 11) is 0. The van der Waals surface area contributed by atoms with E-state index in [-0.39, 0.29) is 0 Å². The lowest BCUT2D eigenvalue weighted by molar-refractivity contribution is 0.101. The van der Waals surface area contributed by atoms with Crippen LogP contribution in [0.1, 0.15) is 20.8 Å². The third-order valence-corrected chi connectivity index (χ3v) is 3.02. The smallest absolute Gasteiger partial charge is 0.261 e. The second-order valence-corrected chi connectivity index (χ2v) is 4.13. The lowest BCUT2D eigenvalue weighted by Crippen LogP contribution is -2.09. The maximum absolute atomic E-state index is 11.1. The van der Waals surface area contributed by atoms with E-state index in [1.807, 2.05) is 26.0 Å². The van der Waals surface area contributed by atoms with E-state index >= 15 is 0 Å². The molecule has 0 atom stereocenters. The summed E-state index contributed by atoms with van der Waals surface area (Å²) in [5, 5.41) is 0.896. The molecule has 3 nitrogen and oxygen atoms in total. The minimum absolute atomic E-state index is 0.399. The number of rotatable bonds is 1. The molecule has 1 aromatic heterocycles. The van der Waals surface area contributed by atoms with E-state index in [1.54, 1.807) is 0 Å². The highest BCUT2D eigenvalue weighted by molar-refractivity contribution is 7.09. The van der Waals surface area contributed by atoms with Crippen LogP contribution in [0.2, 0.25) is 0 Å². The van der Waals surface area contributed by atoms with Crippen molar-refractivity contribution in [3.05, 3.63) is 28.1 Å². The number of carbonyl (C=O) groups is 1. The number of nitrogens with two attached hydrogens (primary N) is 1. The maximum atomic E-state index is 11.1. The molecule has 14 heavy (non-hydrogen) atoms. The molecule has 1 aromatic carbocycles. The first kappa shape index (κ1) is 9.15. The number of primary amides is 1. The zero-order chi connectivity index (χ0) is 10.3.